The summed E-state index contributed by atoms with van der Waals surface area (Å²) in [6.07, 6.45) is 2.79. The first-order valence-electron chi connectivity index (χ1n) is 8.14. The second kappa shape index (κ2) is 7.69. The van der Waals surface area contributed by atoms with E-state index in [1.807, 2.05) is 25.7 Å². The molecule has 0 saturated carbocycles. The van der Waals surface area contributed by atoms with Crippen molar-refractivity contribution in [3.63, 3.8) is 0 Å². The molecular formula is C17H32INO3. The average Bonchev–Trinajstić information content (AvgIpc) is 2.35. The number of halogens is 1. The molecular weight excluding hydrogens is 393 g/mol. The Morgan fingerprint density at radius 3 is 2.36 bits per heavy atom. The summed E-state index contributed by atoms with van der Waals surface area (Å²) < 4.78 is 12.6. The van der Waals surface area contributed by atoms with Gasteiger partial charge in [-0.25, -0.2) is 4.79 Å². The molecule has 1 saturated heterocycles. The van der Waals surface area contributed by atoms with Crippen molar-refractivity contribution in [1.29, 1.82) is 0 Å². The van der Waals surface area contributed by atoms with E-state index >= 15 is 0 Å². The molecule has 0 aromatic heterocycles. The number of amides is 1. The number of ether oxygens (including phenoxy) is 2. The van der Waals surface area contributed by atoms with E-state index in [2.05, 4.69) is 43.4 Å². The molecule has 1 fully saturated rings. The molecule has 1 unspecified atom stereocenters. The van der Waals surface area contributed by atoms with Gasteiger partial charge in [-0.15, -0.1) is 0 Å². The SMILES string of the molecule is CC(C)(C)CCOC1(CI)CCCN(C(=O)OC(C)(C)C)C1. The summed E-state index contributed by atoms with van der Waals surface area (Å²) in [5.41, 5.74) is -0.401. The number of piperidine rings is 1. The van der Waals surface area contributed by atoms with E-state index in [4.69, 9.17) is 9.47 Å². The molecule has 5 heteroatoms. The number of hydrogen-bond donors (Lipinski definition) is 0. The summed E-state index contributed by atoms with van der Waals surface area (Å²) >= 11 is 2.38. The van der Waals surface area contributed by atoms with E-state index in [0.717, 1.165) is 36.8 Å². The second-order valence-electron chi connectivity index (χ2n) is 8.48. The number of carbonyl (C=O) groups excluding carboxylic acids is 1. The molecule has 0 N–H and O–H groups in total. The molecule has 130 valence electrons. The fourth-order valence-corrected chi connectivity index (χ4v) is 3.26. The minimum absolute atomic E-state index is 0.221. The van der Waals surface area contributed by atoms with Crippen LogP contribution in [0.4, 0.5) is 4.79 Å². The Morgan fingerprint density at radius 1 is 1.23 bits per heavy atom. The third-order valence-electron chi connectivity index (χ3n) is 3.69. The molecule has 4 nitrogen and oxygen atoms in total. The monoisotopic (exact) mass is 425 g/mol. The van der Waals surface area contributed by atoms with Crippen LogP contribution in [0, 0.1) is 5.41 Å². The molecule has 0 aliphatic carbocycles. The van der Waals surface area contributed by atoms with Crippen molar-refractivity contribution in [3.05, 3.63) is 0 Å². The van der Waals surface area contributed by atoms with Gasteiger partial charge in [0.25, 0.3) is 0 Å². The van der Waals surface area contributed by atoms with Crippen LogP contribution in [0.5, 0.6) is 0 Å². The van der Waals surface area contributed by atoms with Gasteiger partial charge in [0.2, 0.25) is 0 Å². The lowest BCUT2D eigenvalue weighted by Gasteiger charge is -2.42. The van der Waals surface area contributed by atoms with Gasteiger partial charge >= 0.3 is 6.09 Å². The zero-order chi connectivity index (χ0) is 17.0. The van der Waals surface area contributed by atoms with Gasteiger partial charge < -0.3 is 14.4 Å². The van der Waals surface area contributed by atoms with Crippen molar-refractivity contribution in [3.8, 4) is 0 Å². The Labute approximate surface area is 149 Å². The predicted octanol–water partition coefficient (Wildman–Crippen LogP) is 4.64. The predicted molar refractivity (Wildman–Crippen MR) is 98.7 cm³/mol. The molecule has 1 rings (SSSR count). The summed E-state index contributed by atoms with van der Waals surface area (Å²) in [7, 11) is 0. The summed E-state index contributed by atoms with van der Waals surface area (Å²) in [5.74, 6) is 0. The quantitative estimate of drug-likeness (QED) is 0.487. The smallest absolute Gasteiger partial charge is 0.410 e. The molecule has 0 aromatic rings. The van der Waals surface area contributed by atoms with Crippen molar-refractivity contribution < 1.29 is 14.3 Å². The standard InChI is InChI=1S/C17H32INO3/c1-15(2,3)9-11-21-17(12-18)8-7-10-19(13-17)14(20)22-16(4,5)6/h7-13H2,1-6H3. The summed E-state index contributed by atoms with van der Waals surface area (Å²) in [6, 6.07) is 0. The highest BCUT2D eigenvalue weighted by molar-refractivity contribution is 14.1. The van der Waals surface area contributed by atoms with Crippen LogP contribution in [0.2, 0.25) is 0 Å². The van der Waals surface area contributed by atoms with Crippen LogP contribution in [-0.4, -0.2) is 46.3 Å². The molecule has 0 bridgehead atoms. The average molecular weight is 425 g/mol. The van der Waals surface area contributed by atoms with E-state index < -0.39 is 5.60 Å². The zero-order valence-electron chi connectivity index (χ0n) is 15.0. The van der Waals surface area contributed by atoms with Crippen molar-refractivity contribution >= 4 is 28.7 Å². The van der Waals surface area contributed by atoms with E-state index in [1.54, 1.807) is 0 Å². The fourth-order valence-electron chi connectivity index (χ4n) is 2.42. The van der Waals surface area contributed by atoms with Crippen LogP contribution in [0.3, 0.4) is 0 Å². The van der Waals surface area contributed by atoms with Crippen molar-refractivity contribution in [1.82, 2.24) is 4.90 Å². The van der Waals surface area contributed by atoms with Gasteiger partial charge in [0.05, 0.1) is 12.1 Å². The topological polar surface area (TPSA) is 38.8 Å². The fraction of sp³-hybridized carbons (Fsp3) is 0.941. The first-order chi connectivity index (χ1) is 9.96. The summed E-state index contributed by atoms with van der Waals surface area (Å²) in [6.45, 7) is 14.5. The maximum absolute atomic E-state index is 12.3. The molecule has 0 spiro atoms. The molecule has 1 aliphatic heterocycles. The van der Waals surface area contributed by atoms with Gasteiger partial charge in [0, 0.05) is 17.6 Å². The highest BCUT2D eigenvalue weighted by Gasteiger charge is 2.38. The number of rotatable bonds is 4. The molecule has 0 aromatic carbocycles. The van der Waals surface area contributed by atoms with E-state index in [-0.39, 0.29) is 17.1 Å². The Balaban J connectivity index is 2.62. The zero-order valence-corrected chi connectivity index (χ0v) is 17.2. The number of likely N-dealkylation sites (tertiary alicyclic amines) is 1. The number of carbonyl (C=O) groups is 1. The van der Waals surface area contributed by atoms with Crippen molar-refractivity contribution in [2.24, 2.45) is 5.41 Å². The third-order valence-corrected chi connectivity index (χ3v) is 5.09. The van der Waals surface area contributed by atoms with E-state index in [0.29, 0.717) is 6.54 Å². The summed E-state index contributed by atoms with van der Waals surface area (Å²) in [4.78, 5) is 14.1. The van der Waals surface area contributed by atoms with Crippen LogP contribution in [0.15, 0.2) is 0 Å². The highest BCUT2D eigenvalue weighted by Crippen LogP contribution is 2.30. The maximum atomic E-state index is 12.3. The Bertz CT molecular complexity index is 373. The van der Waals surface area contributed by atoms with Crippen molar-refractivity contribution in [2.75, 3.05) is 24.1 Å². The van der Waals surface area contributed by atoms with Crippen LogP contribution in [-0.2, 0) is 9.47 Å². The highest BCUT2D eigenvalue weighted by atomic mass is 127. The van der Waals surface area contributed by atoms with E-state index in [1.165, 1.54) is 0 Å². The van der Waals surface area contributed by atoms with Gasteiger partial charge in [0.15, 0.2) is 0 Å². The Morgan fingerprint density at radius 2 is 1.86 bits per heavy atom. The van der Waals surface area contributed by atoms with Gasteiger partial charge in [-0.05, 0) is 45.4 Å². The minimum Gasteiger partial charge on any atom is -0.444 e. The Hall–Kier alpha value is -0.0400. The first-order valence-corrected chi connectivity index (χ1v) is 9.67. The van der Waals surface area contributed by atoms with Crippen LogP contribution in [0.1, 0.15) is 60.8 Å². The first kappa shape index (κ1) is 20.0. The number of nitrogens with zero attached hydrogens (tertiary/aromatic N) is 1. The van der Waals surface area contributed by atoms with Gasteiger partial charge in [-0.3, -0.25) is 0 Å². The molecule has 22 heavy (non-hydrogen) atoms. The van der Waals surface area contributed by atoms with Crippen LogP contribution >= 0.6 is 22.6 Å². The maximum Gasteiger partial charge on any atom is 0.410 e. The molecule has 0 radical (unpaired) electrons. The minimum atomic E-state index is -0.450. The lowest BCUT2D eigenvalue weighted by Crippen LogP contribution is -2.54. The normalized spacial score (nSPS) is 23.5. The Kier molecular flexibility index (Phi) is 6.99. The lowest BCUT2D eigenvalue weighted by atomic mass is 9.92. The van der Waals surface area contributed by atoms with Gasteiger partial charge in [-0.1, -0.05) is 43.4 Å². The van der Waals surface area contributed by atoms with Gasteiger partial charge in [-0.2, -0.15) is 0 Å². The van der Waals surface area contributed by atoms with Crippen LogP contribution < -0.4 is 0 Å². The third kappa shape index (κ3) is 7.02. The molecule has 1 amide bonds. The number of hydrogen-bond acceptors (Lipinski definition) is 3. The molecule has 1 aliphatic rings. The second-order valence-corrected chi connectivity index (χ2v) is 9.24. The molecule has 1 atom stereocenters. The van der Waals surface area contributed by atoms with Gasteiger partial charge in [0.1, 0.15) is 5.60 Å². The largest absolute Gasteiger partial charge is 0.444 e. The van der Waals surface area contributed by atoms with E-state index in [9.17, 15) is 4.79 Å². The molecule has 1 heterocycles. The van der Waals surface area contributed by atoms with Crippen molar-refractivity contribution in [2.45, 2.75) is 72.0 Å². The lowest BCUT2D eigenvalue weighted by molar-refractivity contribution is -0.0803. The summed E-state index contributed by atoms with van der Waals surface area (Å²) in [5, 5.41) is 0. The number of alkyl halides is 1. The van der Waals surface area contributed by atoms with Crippen LogP contribution in [0.25, 0.3) is 0 Å².